The summed E-state index contributed by atoms with van der Waals surface area (Å²) in [4.78, 5) is 26.1. The molecule has 9 heteroatoms. The van der Waals surface area contributed by atoms with Crippen LogP contribution in [0.25, 0.3) is 11.2 Å². The molecule has 0 radical (unpaired) electrons. The first kappa shape index (κ1) is 16.1. The molecule has 0 bridgehead atoms. The quantitative estimate of drug-likeness (QED) is 0.637. The van der Waals surface area contributed by atoms with Crippen molar-refractivity contribution in [1.82, 2.24) is 25.3 Å². The number of carbonyl (C=O) groups excluding carboxylic acids is 1. The number of ether oxygens (including phenoxy) is 1. The molecule has 2 unspecified atom stereocenters. The van der Waals surface area contributed by atoms with Gasteiger partial charge in [-0.1, -0.05) is 0 Å². The van der Waals surface area contributed by atoms with Gasteiger partial charge in [0.2, 0.25) is 0 Å². The summed E-state index contributed by atoms with van der Waals surface area (Å²) in [7, 11) is 0. The van der Waals surface area contributed by atoms with Gasteiger partial charge in [-0.3, -0.25) is 0 Å². The molecule has 2 rings (SSSR count). The minimum absolute atomic E-state index is 0.185. The molecule has 2 atom stereocenters. The van der Waals surface area contributed by atoms with E-state index >= 15 is 0 Å². The Morgan fingerprint density at radius 1 is 1.36 bits per heavy atom. The first-order valence-corrected chi connectivity index (χ1v) is 6.75. The summed E-state index contributed by atoms with van der Waals surface area (Å²) in [5.41, 5.74) is 0.395. The van der Waals surface area contributed by atoms with Crippen molar-refractivity contribution in [3.05, 3.63) is 18.3 Å². The second kappa shape index (κ2) is 6.24. The molecule has 9 nitrogen and oxygen atoms in total. The summed E-state index contributed by atoms with van der Waals surface area (Å²) in [5, 5.41) is 22.6. The average molecular weight is 309 g/mol. The second-order valence-corrected chi connectivity index (χ2v) is 5.76. The van der Waals surface area contributed by atoms with Crippen LogP contribution in [-0.4, -0.2) is 54.5 Å². The predicted molar refractivity (Wildman–Crippen MR) is 76.9 cm³/mol. The highest BCUT2D eigenvalue weighted by Gasteiger charge is 2.24. The lowest BCUT2D eigenvalue weighted by Crippen LogP contribution is -2.39. The monoisotopic (exact) mass is 309 g/mol. The topological polar surface area (TPSA) is 133 Å². The van der Waals surface area contributed by atoms with Gasteiger partial charge >= 0.3 is 6.09 Å². The van der Waals surface area contributed by atoms with Gasteiger partial charge in [0.15, 0.2) is 5.65 Å². The van der Waals surface area contributed by atoms with Crippen LogP contribution in [0.2, 0.25) is 0 Å². The lowest BCUT2D eigenvalue weighted by molar-refractivity contribution is 0.0115. The van der Waals surface area contributed by atoms with Gasteiger partial charge in [0.1, 0.15) is 35.3 Å². The third kappa shape index (κ3) is 3.89. The van der Waals surface area contributed by atoms with Gasteiger partial charge in [0.05, 0.1) is 6.33 Å². The van der Waals surface area contributed by atoms with Gasteiger partial charge in [-0.05, 0) is 20.8 Å². The van der Waals surface area contributed by atoms with Crippen molar-refractivity contribution in [2.75, 3.05) is 6.54 Å². The van der Waals surface area contributed by atoms with Gasteiger partial charge in [0, 0.05) is 6.54 Å². The molecule has 2 aromatic rings. The molecular formula is C13H19N5O4. The number of hydrogen-bond donors (Lipinski definition) is 4. The third-order valence-electron chi connectivity index (χ3n) is 2.75. The van der Waals surface area contributed by atoms with E-state index in [9.17, 15) is 15.0 Å². The highest BCUT2D eigenvalue weighted by molar-refractivity contribution is 5.72. The fraction of sp³-hybridized carbons (Fsp3) is 0.538. The summed E-state index contributed by atoms with van der Waals surface area (Å²) < 4.78 is 5.05. The van der Waals surface area contributed by atoms with Crippen molar-refractivity contribution in [2.45, 2.75) is 38.6 Å². The molecule has 0 saturated carbocycles. The smallest absolute Gasteiger partial charge is 0.407 e. The summed E-state index contributed by atoms with van der Waals surface area (Å²) in [5.74, 6) is 0. The van der Waals surface area contributed by atoms with E-state index in [2.05, 4.69) is 25.3 Å². The van der Waals surface area contributed by atoms with Crippen molar-refractivity contribution in [3.63, 3.8) is 0 Å². The van der Waals surface area contributed by atoms with E-state index < -0.39 is 23.9 Å². The maximum Gasteiger partial charge on any atom is 0.407 e. The van der Waals surface area contributed by atoms with Crippen LogP contribution in [0.4, 0.5) is 4.79 Å². The van der Waals surface area contributed by atoms with Crippen LogP contribution in [0.15, 0.2) is 12.7 Å². The number of carbonyl (C=O) groups is 1. The molecule has 0 saturated heterocycles. The zero-order valence-corrected chi connectivity index (χ0v) is 12.6. The first-order valence-electron chi connectivity index (χ1n) is 6.75. The van der Waals surface area contributed by atoms with Gasteiger partial charge in [0.25, 0.3) is 0 Å². The van der Waals surface area contributed by atoms with Crippen molar-refractivity contribution >= 4 is 17.3 Å². The summed E-state index contributed by atoms with van der Waals surface area (Å²) in [6, 6.07) is 0. The SMILES string of the molecule is CC(C)(C)OC(=O)NCC(O)C(O)c1ncnc2nc[nH]c12. The lowest BCUT2D eigenvalue weighted by Gasteiger charge is -2.22. The molecule has 120 valence electrons. The molecule has 0 aromatic carbocycles. The zero-order chi connectivity index (χ0) is 16.3. The van der Waals surface area contributed by atoms with E-state index in [1.807, 2.05) is 0 Å². The van der Waals surface area contributed by atoms with E-state index in [1.165, 1.54) is 12.7 Å². The largest absolute Gasteiger partial charge is 0.444 e. The molecule has 0 aliphatic rings. The van der Waals surface area contributed by atoms with Gasteiger partial charge < -0.3 is 25.3 Å². The Kier molecular flexibility index (Phi) is 4.57. The summed E-state index contributed by atoms with van der Waals surface area (Å²) >= 11 is 0. The number of H-pyrrole nitrogens is 1. The summed E-state index contributed by atoms with van der Waals surface area (Å²) in [6.45, 7) is 5.00. The molecule has 0 aliphatic carbocycles. The van der Waals surface area contributed by atoms with E-state index in [1.54, 1.807) is 20.8 Å². The molecule has 0 aliphatic heterocycles. The number of aliphatic hydroxyl groups excluding tert-OH is 2. The Bertz CT molecular complexity index is 651. The van der Waals surface area contributed by atoms with Gasteiger partial charge in [-0.15, -0.1) is 0 Å². The van der Waals surface area contributed by atoms with Crippen molar-refractivity contribution < 1.29 is 19.7 Å². The normalized spacial score (nSPS) is 14.6. The van der Waals surface area contributed by atoms with E-state index in [-0.39, 0.29) is 12.2 Å². The second-order valence-electron chi connectivity index (χ2n) is 5.76. The van der Waals surface area contributed by atoms with Gasteiger partial charge in [-0.2, -0.15) is 0 Å². The minimum atomic E-state index is -1.30. The van der Waals surface area contributed by atoms with Crippen LogP contribution < -0.4 is 5.32 Å². The Labute approximate surface area is 126 Å². The number of fused-ring (bicyclic) bond motifs is 1. The number of rotatable bonds is 4. The Morgan fingerprint density at radius 3 is 2.77 bits per heavy atom. The van der Waals surface area contributed by atoms with Crippen LogP contribution in [0.1, 0.15) is 32.6 Å². The molecule has 0 fully saturated rings. The maximum atomic E-state index is 11.5. The lowest BCUT2D eigenvalue weighted by atomic mass is 10.1. The highest BCUT2D eigenvalue weighted by atomic mass is 16.6. The Morgan fingerprint density at radius 2 is 2.09 bits per heavy atom. The number of hydrogen-bond acceptors (Lipinski definition) is 7. The molecule has 2 aromatic heterocycles. The van der Waals surface area contributed by atoms with E-state index in [4.69, 9.17) is 4.74 Å². The third-order valence-corrected chi connectivity index (χ3v) is 2.75. The molecule has 0 spiro atoms. The predicted octanol–water partition coefficient (Wildman–Crippen LogP) is 0.272. The highest BCUT2D eigenvalue weighted by Crippen LogP contribution is 2.20. The van der Waals surface area contributed by atoms with Crippen LogP contribution in [0.5, 0.6) is 0 Å². The number of aromatic nitrogens is 4. The zero-order valence-electron chi connectivity index (χ0n) is 12.6. The number of imidazole rings is 1. The van der Waals surface area contributed by atoms with Crippen molar-refractivity contribution in [1.29, 1.82) is 0 Å². The molecule has 4 N–H and O–H groups in total. The molecule has 2 heterocycles. The Balaban J connectivity index is 1.99. The van der Waals surface area contributed by atoms with Gasteiger partial charge in [-0.25, -0.2) is 19.7 Å². The average Bonchev–Trinajstić information content (AvgIpc) is 2.90. The maximum absolute atomic E-state index is 11.5. The van der Waals surface area contributed by atoms with Crippen molar-refractivity contribution in [3.8, 4) is 0 Å². The molecule has 1 amide bonds. The van der Waals surface area contributed by atoms with E-state index in [0.29, 0.717) is 11.2 Å². The fourth-order valence-electron chi connectivity index (χ4n) is 1.80. The first-order chi connectivity index (χ1) is 10.3. The van der Waals surface area contributed by atoms with Crippen LogP contribution in [0.3, 0.4) is 0 Å². The van der Waals surface area contributed by atoms with Crippen molar-refractivity contribution in [2.24, 2.45) is 0 Å². The number of nitrogens with zero attached hydrogens (tertiary/aromatic N) is 3. The van der Waals surface area contributed by atoms with Crippen LogP contribution in [-0.2, 0) is 4.74 Å². The number of aromatic amines is 1. The Hall–Kier alpha value is -2.26. The number of nitrogens with one attached hydrogen (secondary N) is 2. The number of aliphatic hydroxyl groups is 2. The molecule has 22 heavy (non-hydrogen) atoms. The summed E-state index contributed by atoms with van der Waals surface area (Å²) in [6.07, 6.45) is -0.570. The standard InChI is InChI=1S/C13H19N5O4/c1-13(2,3)22-12(21)14-4-7(19)10(20)8-9-11(17-5-15-8)18-6-16-9/h5-7,10,19-20H,4H2,1-3H3,(H,14,21)(H,15,16,17,18). The van der Waals surface area contributed by atoms with Crippen LogP contribution >= 0.6 is 0 Å². The molecular weight excluding hydrogens is 290 g/mol. The number of amides is 1. The minimum Gasteiger partial charge on any atom is -0.444 e. The fourth-order valence-corrected chi connectivity index (χ4v) is 1.80. The van der Waals surface area contributed by atoms with E-state index in [0.717, 1.165) is 0 Å². The van der Waals surface area contributed by atoms with Crippen LogP contribution in [0, 0.1) is 0 Å². The number of alkyl carbamates (subject to hydrolysis) is 1.